The molecule has 0 amide bonds. The lowest BCUT2D eigenvalue weighted by Crippen LogP contribution is -2.37. The number of ether oxygens (including phenoxy) is 2. The molecule has 0 aliphatic carbocycles. The van der Waals surface area contributed by atoms with Gasteiger partial charge in [-0.15, -0.1) is 0 Å². The molecule has 0 radical (unpaired) electrons. The van der Waals surface area contributed by atoms with Crippen LogP contribution in [0.1, 0.15) is 18.5 Å². The van der Waals surface area contributed by atoms with E-state index in [4.69, 9.17) is 29.9 Å². The molecule has 0 aromatic carbocycles. The summed E-state index contributed by atoms with van der Waals surface area (Å²) in [5, 5.41) is 14.8. The minimum absolute atomic E-state index is 0.238. The number of nitrogens with zero attached hydrogens (tertiary/aromatic N) is 3. The molecule has 0 aliphatic rings. The summed E-state index contributed by atoms with van der Waals surface area (Å²) in [6.45, 7) is 1.21. The first-order valence-corrected chi connectivity index (χ1v) is 13.4. The molecule has 2 aromatic rings. The Morgan fingerprint density at radius 2 is 1.81 bits per heavy atom. The second-order valence-corrected chi connectivity index (χ2v) is 11.3. The molecule has 0 saturated carbocycles. The topological polar surface area (TPSA) is 245 Å². The zero-order valence-corrected chi connectivity index (χ0v) is 19.4. The highest BCUT2D eigenvalue weighted by atomic mass is 31.3. The van der Waals surface area contributed by atoms with Gasteiger partial charge >= 0.3 is 23.2 Å². The lowest BCUT2D eigenvalue weighted by Gasteiger charge is -2.26. The number of hydrogen-bond acceptors (Lipinski definition) is 11. The van der Waals surface area contributed by atoms with Gasteiger partial charge in [-0.05, 0) is 12.1 Å². The van der Waals surface area contributed by atoms with Crippen LogP contribution in [-0.4, -0.2) is 71.6 Å². The second-order valence-electron chi connectivity index (χ2n) is 6.51. The number of nitrogens with two attached hydrogens (primary N) is 1. The molecule has 0 fully saturated rings. The van der Waals surface area contributed by atoms with E-state index in [1.165, 1.54) is 18.0 Å². The van der Waals surface area contributed by atoms with Crippen LogP contribution in [0.5, 0.6) is 0 Å². The molecule has 7 N–H and O–H groups in total. The van der Waals surface area contributed by atoms with Crippen LogP contribution in [-0.2, 0) is 31.8 Å². The van der Waals surface area contributed by atoms with Gasteiger partial charge in [0.05, 0.1) is 12.7 Å². The van der Waals surface area contributed by atoms with Crippen molar-refractivity contribution in [3.8, 4) is 0 Å². The Labute approximate surface area is 181 Å². The van der Waals surface area contributed by atoms with Crippen molar-refractivity contribution < 1.29 is 56.5 Å². The fourth-order valence-electron chi connectivity index (χ4n) is 2.74. The van der Waals surface area contributed by atoms with Crippen molar-refractivity contribution in [1.29, 1.82) is 0 Å². The lowest BCUT2D eigenvalue weighted by molar-refractivity contribution is -0.0633. The average Bonchev–Trinajstić information content (AvgIpc) is 3.06. The molecule has 2 heterocycles. The van der Waals surface area contributed by atoms with Gasteiger partial charge < -0.3 is 39.9 Å². The van der Waals surface area contributed by atoms with Crippen molar-refractivity contribution in [2.45, 2.75) is 25.0 Å². The molecule has 0 aliphatic heterocycles. The Kier molecular flexibility index (Phi) is 8.73. The van der Waals surface area contributed by atoms with E-state index < -0.39 is 54.3 Å². The van der Waals surface area contributed by atoms with Crippen LogP contribution in [0.15, 0.2) is 18.5 Å². The van der Waals surface area contributed by atoms with E-state index in [-0.39, 0.29) is 5.82 Å². The van der Waals surface area contributed by atoms with Gasteiger partial charge in [0.1, 0.15) is 24.3 Å². The lowest BCUT2D eigenvalue weighted by atomic mass is 9.97. The van der Waals surface area contributed by atoms with E-state index in [0.29, 0.717) is 11.2 Å². The van der Waals surface area contributed by atoms with E-state index in [1.54, 1.807) is 19.1 Å². The van der Waals surface area contributed by atoms with Crippen LogP contribution in [0.4, 0.5) is 5.82 Å². The number of aliphatic hydroxyl groups excluding tert-OH is 1. The number of nitrogen functional groups attached to an aromatic ring is 1. The molecule has 2 unspecified atom stereocenters. The van der Waals surface area contributed by atoms with Crippen LogP contribution in [0.25, 0.3) is 5.52 Å². The molecule has 5 atom stereocenters. The molecular formula is C13H23N4O12P3. The van der Waals surface area contributed by atoms with Gasteiger partial charge in [-0.2, -0.15) is 9.41 Å². The highest BCUT2D eigenvalue weighted by Crippen LogP contribution is 2.65. The molecule has 182 valence electrons. The van der Waals surface area contributed by atoms with Gasteiger partial charge in [0.15, 0.2) is 5.82 Å². The summed E-state index contributed by atoms with van der Waals surface area (Å²) in [7, 11) is -14.8. The van der Waals surface area contributed by atoms with Crippen LogP contribution in [0, 0.1) is 0 Å². The Morgan fingerprint density at radius 3 is 2.41 bits per heavy atom. The highest BCUT2D eigenvalue weighted by molar-refractivity contribution is 7.68. The van der Waals surface area contributed by atoms with Crippen molar-refractivity contribution in [1.82, 2.24) is 14.6 Å². The number of anilines is 1. The third kappa shape index (κ3) is 7.39. The monoisotopic (exact) mass is 520 g/mol. The summed E-state index contributed by atoms with van der Waals surface area (Å²) >= 11 is 0. The summed E-state index contributed by atoms with van der Waals surface area (Å²) in [6, 6.07) is 3.34. The Morgan fingerprint density at radius 1 is 1.16 bits per heavy atom. The summed E-state index contributed by atoms with van der Waals surface area (Å²) < 4.78 is 52.8. The van der Waals surface area contributed by atoms with Gasteiger partial charge in [-0.1, -0.05) is 6.92 Å². The molecule has 0 saturated heterocycles. The van der Waals surface area contributed by atoms with Gasteiger partial charge in [0, 0.05) is 18.7 Å². The van der Waals surface area contributed by atoms with E-state index in [2.05, 4.69) is 18.7 Å². The van der Waals surface area contributed by atoms with E-state index in [1.807, 2.05) is 0 Å². The van der Waals surface area contributed by atoms with Crippen LogP contribution in [0.3, 0.4) is 0 Å². The highest BCUT2D eigenvalue weighted by Gasteiger charge is 2.40. The van der Waals surface area contributed by atoms with E-state index in [0.717, 1.165) is 0 Å². The maximum atomic E-state index is 11.9. The molecule has 0 bridgehead atoms. The van der Waals surface area contributed by atoms with Gasteiger partial charge in [-0.25, -0.2) is 22.9 Å². The third-order valence-corrected chi connectivity index (χ3v) is 8.18. The quantitative estimate of drug-likeness (QED) is 0.204. The molecule has 2 aromatic heterocycles. The average molecular weight is 520 g/mol. The first kappa shape index (κ1) is 27.0. The normalized spacial score (nSPS) is 19.2. The van der Waals surface area contributed by atoms with Gasteiger partial charge in [0.25, 0.3) is 0 Å². The summed E-state index contributed by atoms with van der Waals surface area (Å²) in [5.74, 6) is -0.339. The number of rotatable bonds is 12. The first-order valence-electron chi connectivity index (χ1n) is 8.65. The van der Waals surface area contributed by atoms with Crippen LogP contribution >= 0.6 is 23.2 Å². The summed E-state index contributed by atoms with van der Waals surface area (Å²) in [4.78, 5) is 39.6. The largest absolute Gasteiger partial charge is 0.488 e. The Balaban J connectivity index is 2.00. The third-order valence-electron chi connectivity index (χ3n) is 4.15. The number of methoxy groups -OCH3 is 1. The standard InChI is InChI=1S/C13H23N4O12P3/c1-8(9-3-4-10-13(14)15-6-16-17(9)10)12(18)11(26-2)5-27-7-30(19,20)28-32(24,25)29-31(21,22)23/h3-4,6,8,11-12,18H,5,7H2,1-2H3,(H,19,20)(H,24,25)(H2,14,15,16)(H2,21,22,23)/t8-,11-,12+/m1/s1. The number of hydrogen-bond donors (Lipinski definition) is 6. The molecule has 16 nitrogen and oxygen atoms in total. The number of phosphoric acid groups is 2. The Hall–Kier alpha value is -1.25. The van der Waals surface area contributed by atoms with Crippen molar-refractivity contribution in [3.05, 3.63) is 24.2 Å². The molecular weight excluding hydrogens is 497 g/mol. The SMILES string of the molecule is CO[C@H](COCP(=O)(O)OP(=O)(O)OP(=O)(O)O)[C@@H](O)[C@H](C)c1ccc2c(N)ncnn12. The predicted molar refractivity (Wildman–Crippen MR) is 107 cm³/mol. The fourth-order valence-corrected chi connectivity index (χ4v) is 6.02. The minimum Gasteiger partial charge on any atom is -0.390 e. The summed E-state index contributed by atoms with van der Waals surface area (Å²) in [6.07, 6.45) is -2.14. The summed E-state index contributed by atoms with van der Waals surface area (Å²) in [5.41, 5.74) is 6.87. The molecule has 19 heteroatoms. The van der Waals surface area contributed by atoms with Gasteiger partial charge in [-0.3, -0.25) is 4.57 Å². The molecule has 0 spiro atoms. The maximum Gasteiger partial charge on any atom is 0.488 e. The number of aromatic nitrogens is 3. The Bertz CT molecular complexity index is 1070. The van der Waals surface area contributed by atoms with Crippen molar-refractivity contribution in [2.24, 2.45) is 0 Å². The van der Waals surface area contributed by atoms with Crippen molar-refractivity contribution >= 4 is 34.6 Å². The minimum atomic E-state index is -5.56. The van der Waals surface area contributed by atoms with E-state index >= 15 is 0 Å². The second kappa shape index (κ2) is 10.3. The van der Waals surface area contributed by atoms with Crippen LogP contribution < -0.4 is 5.73 Å². The van der Waals surface area contributed by atoms with Crippen molar-refractivity contribution in [3.63, 3.8) is 0 Å². The van der Waals surface area contributed by atoms with E-state index in [9.17, 15) is 23.7 Å². The van der Waals surface area contributed by atoms with Crippen LogP contribution in [0.2, 0.25) is 0 Å². The fraction of sp³-hybridized carbons (Fsp3) is 0.538. The number of aliphatic hydroxyl groups is 1. The van der Waals surface area contributed by atoms with Crippen molar-refractivity contribution in [2.75, 3.05) is 25.8 Å². The van der Waals surface area contributed by atoms with Gasteiger partial charge in [0.2, 0.25) is 0 Å². The number of fused-ring (bicyclic) bond motifs is 1. The predicted octanol–water partition coefficient (Wildman–Crippen LogP) is 0.177. The molecule has 2 rings (SSSR count). The zero-order chi connectivity index (χ0) is 24.3. The first-order chi connectivity index (χ1) is 14.7. The maximum absolute atomic E-state index is 11.9. The molecule has 32 heavy (non-hydrogen) atoms. The zero-order valence-electron chi connectivity index (χ0n) is 16.7. The smallest absolute Gasteiger partial charge is 0.390 e.